The Morgan fingerprint density at radius 1 is 1.06 bits per heavy atom. The summed E-state index contributed by atoms with van der Waals surface area (Å²) in [5.41, 5.74) is 9.66. The highest BCUT2D eigenvalue weighted by molar-refractivity contribution is 6.36. The van der Waals surface area contributed by atoms with Crippen molar-refractivity contribution in [3.05, 3.63) is 93.9 Å². The largest absolute Gasteiger partial charge is 0.385 e. The molecule has 0 saturated carbocycles. The summed E-state index contributed by atoms with van der Waals surface area (Å²) < 4.78 is 15.4. The van der Waals surface area contributed by atoms with Crippen LogP contribution in [0.4, 0.5) is 4.39 Å². The molecule has 2 nitrogen and oxygen atoms in total. The number of aryl methyl sites for hydroxylation is 2. The Hall–Kier alpha value is -2.62. The first kappa shape index (κ1) is 23.1. The number of hydrogen-bond donors (Lipinski definition) is 2. The smallest absolute Gasteiger partial charge is 0.128 e. The minimum Gasteiger partial charge on any atom is -0.385 e. The van der Waals surface area contributed by atoms with Crippen molar-refractivity contribution in [3.63, 3.8) is 0 Å². The SMILES string of the molecule is C=C1CCC(CNCc2c(F)cc(-c3cccc(-c4cccc5c4CCC5)c3Cl)cc2CC)N1. The van der Waals surface area contributed by atoms with Gasteiger partial charge in [0.15, 0.2) is 0 Å². The van der Waals surface area contributed by atoms with E-state index >= 15 is 4.39 Å². The zero-order valence-corrected chi connectivity index (χ0v) is 20.6. The summed E-state index contributed by atoms with van der Waals surface area (Å²) in [7, 11) is 0. The van der Waals surface area contributed by atoms with E-state index in [-0.39, 0.29) is 5.82 Å². The molecule has 34 heavy (non-hydrogen) atoms. The first-order valence-electron chi connectivity index (χ1n) is 12.4. The van der Waals surface area contributed by atoms with Crippen LogP contribution in [0.2, 0.25) is 5.02 Å². The molecule has 4 heteroatoms. The molecule has 0 bridgehead atoms. The highest BCUT2D eigenvalue weighted by atomic mass is 35.5. The van der Waals surface area contributed by atoms with Crippen LogP contribution in [0.25, 0.3) is 22.3 Å². The molecule has 1 aliphatic heterocycles. The highest BCUT2D eigenvalue weighted by Gasteiger charge is 2.20. The monoisotopic (exact) mass is 474 g/mol. The average Bonchev–Trinajstić information content (AvgIpc) is 3.48. The van der Waals surface area contributed by atoms with Crippen LogP contribution in [0.5, 0.6) is 0 Å². The Morgan fingerprint density at radius 2 is 1.85 bits per heavy atom. The van der Waals surface area contributed by atoms with Gasteiger partial charge >= 0.3 is 0 Å². The van der Waals surface area contributed by atoms with Gasteiger partial charge in [0, 0.05) is 41.5 Å². The van der Waals surface area contributed by atoms with Crippen molar-refractivity contribution in [2.45, 2.75) is 58.0 Å². The number of rotatable bonds is 7. The molecular weight excluding hydrogens is 443 g/mol. The summed E-state index contributed by atoms with van der Waals surface area (Å²) >= 11 is 6.99. The maximum Gasteiger partial charge on any atom is 0.128 e. The maximum atomic E-state index is 15.4. The Kier molecular flexibility index (Phi) is 6.76. The molecule has 0 aromatic heterocycles. The molecule has 2 N–H and O–H groups in total. The molecule has 1 aliphatic carbocycles. The van der Waals surface area contributed by atoms with Crippen molar-refractivity contribution in [1.82, 2.24) is 10.6 Å². The topological polar surface area (TPSA) is 24.1 Å². The summed E-state index contributed by atoms with van der Waals surface area (Å²) in [5.74, 6) is -0.173. The maximum absolute atomic E-state index is 15.4. The predicted octanol–water partition coefficient (Wildman–Crippen LogP) is 7.22. The van der Waals surface area contributed by atoms with Crippen LogP contribution in [-0.4, -0.2) is 12.6 Å². The minimum absolute atomic E-state index is 0.173. The van der Waals surface area contributed by atoms with E-state index in [2.05, 4.69) is 54.5 Å². The van der Waals surface area contributed by atoms with Crippen LogP contribution in [0, 0.1) is 5.82 Å². The Morgan fingerprint density at radius 3 is 2.65 bits per heavy atom. The molecule has 1 atom stereocenters. The van der Waals surface area contributed by atoms with Gasteiger partial charge in [0.1, 0.15) is 5.82 Å². The van der Waals surface area contributed by atoms with Crippen LogP contribution in [0.1, 0.15) is 48.4 Å². The molecule has 1 heterocycles. The fourth-order valence-corrected chi connectivity index (χ4v) is 5.84. The summed E-state index contributed by atoms with van der Waals surface area (Å²) in [6.45, 7) is 7.39. The average molecular weight is 475 g/mol. The lowest BCUT2D eigenvalue weighted by Crippen LogP contribution is -2.33. The first-order chi connectivity index (χ1) is 16.5. The highest BCUT2D eigenvalue weighted by Crippen LogP contribution is 2.41. The molecule has 3 aromatic carbocycles. The second-order valence-corrected chi connectivity index (χ2v) is 9.91. The summed E-state index contributed by atoms with van der Waals surface area (Å²) in [5, 5.41) is 7.52. The van der Waals surface area contributed by atoms with Crippen LogP contribution >= 0.6 is 11.6 Å². The van der Waals surface area contributed by atoms with Gasteiger partial charge < -0.3 is 10.6 Å². The molecular formula is C30H32ClFN2. The first-order valence-corrected chi connectivity index (χ1v) is 12.8. The van der Waals surface area contributed by atoms with E-state index in [0.29, 0.717) is 17.6 Å². The van der Waals surface area contributed by atoms with Crippen molar-refractivity contribution < 1.29 is 4.39 Å². The zero-order chi connectivity index (χ0) is 23.7. The third kappa shape index (κ3) is 4.52. The van der Waals surface area contributed by atoms with E-state index in [1.165, 1.54) is 23.1 Å². The second kappa shape index (κ2) is 9.93. The lowest BCUT2D eigenvalue weighted by molar-refractivity contribution is 0.528. The van der Waals surface area contributed by atoms with E-state index in [0.717, 1.165) is 72.2 Å². The van der Waals surface area contributed by atoms with Crippen LogP contribution in [0.15, 0.2) is 60.8 Å². The van der Waals surface area contributed by atoms with Gasteiger partial charge in [0.05, 0.1) is 5.02 Å². The van der Waals surface area contributed by atoms with Crippen LogP contribution < -0.4 is 10.6 Å². The number of hydrogen-bond acceptors (Lipinski definition) is 2. The predicted molar refractivity (Wildman–Crippen MR) is 141 cm³/mol. The van der Waals surface area contributed by atoms with E-state index in [4.69, 9.17) is 11.6 Å². The van der Waals surface area contributed by atoms with Crippen molar-refractivity contribution in [3.8, 4) is 22.3 Å². The van der Waals surface area contributed by atoms with Crippen LogP contribution in [0.3, 0.4) is 0 Å². The second-order valence-electron chi connectivity index (χ2n) is 9.53. The van der Waals surface area contributed by atoms with E-state index in [1.54, 1.807) is 6.07 Å². The number of fused-ring (bicyclic) bond motifs is 1. The molecule has 0 amide bonds. The summed E-state index contributed by atoms with van der Waals surface area (Å²) in [6, 6.07) is 16.8. The van der Waals surface area contributed by atoms with Crippen molar-refractivity contribution in [2.75, 3.05) is 6.54 Å². The van der Waals surface area contributed by atoms with Gasteiger partial charge in [0.25, 0.3) is 0 Å². The Labute approximate surface area is 207 Å². The summed E-state index contributed by atoms with van der Waals surface area (Å²) in [4.78, 5) is 0. The van der Waals surface area contributed by atoms with Gasteiger partial charge in [-0.3, -0.25) is 0 Å². The summed E-state index contributed by atoms with van der Waals surface area (Å²) in [6.07, 6.45) is 6.27. The molecule has 0 radical (unpaired) electrons. The Balaban J connectivity index is 1.43. The molecule has 1 fully saturated rings. The molecule has 176 valence electrons. The molecule has 2 aliphatic rings. The normalized spacial score (nSPS) is 17.1. The zero-order valence-electron chi connectivity index (χ0n) is 19.8. The van der Waals surface area contributed by atoms with Crippen LogP contribution in [-0.2, 0) is 25.8 Å². The number of benzene rings is 3. The van der Waals surface area contributed by atoms with Gasteiger partial charge in [0.2, 0.25) is 0 Å². The number of allylic oxidation sites excluding steroid dienone is 1. The van der Waals surface area contributed by atoms with Crippen molar-refractivity contribution >= 4 is 11.6 Å². The molecule has 1 saturated heterocycles. The van der Waals surface area contributed by atoms with Gasteiger partial charge in [-0.2, -0.15) is 0 Å². The third-order valence-corrected chi connectivity index (χ3v) is 7.72. The number of halogens is 2. The van der Waals surface area contributed by atoms with Crippen molar-refractivity contribution in [1.29, 1.82) is 0 Å². The van der Waals surface area contributed by atoms with Gasteiger partial charge in [-0.25, -0.2) is 4.39 Å². The van der Waals surface area contributed by atoms with Crippen molar-refractivity contribution in [2.24, 2.45) is 0 Å². The fourth-order valence-electron chi connectivity index (χ4n) is 5.50. The Bertz CT molecular complexity index is 1230. The molecule has 1 unspecified atom stereocenters. The molecule has 3 aromatic rings. The van der Waals surface area contributed by atoms with E-state index < -0.39 is 0 Å². The standard InChI is InChI=1S/C30H32ClFN2/c1-3-20-15-22(16-29(32)28(20)18-33-17-23-14-13-19(2)34-23)25-10-6-12-27(30(25)31)26-11-5-8-21-7-4-9-24(21)26/h5-6,8,10-12,15-16,23,33-34H,2-4,7,9,13-14,17-18H2,1H3. The molecule has 0 spiro atoms. The van der Waals surface area contributed by atoms with Gasteiger partial charge in [-0.05, 0) is 72.4 Å². The van der Waals surface area contributed by atoms with E-state index in [1.807, 2.05) is 12.1 Å². The van der Waals surface area contributed by atoms with E-state index in [9.17, 15) is 0 Å². The minimum atomic E-state index is -0.173. The number of nitrogens with one attached hydrogen (secondary N) is 2. The van der Waals surface area contributed by atoms with Gasteiger partial charge in [-0.15, -0.1) is 0 Å². The fraction of sp³-hybridized carbons (Fsp3) is 0.333. The molecule has 5 rings (SSSR count). The quantitative estimate of drug-likeness (QED) is 0.377. The third-order valence-electron chi connectivity index (χ3n) is 7.31. The lowest BCUT2D eigenvalue weighted by atomic mass is 9.92. The lowest BCUT2D eigenvalue weighted by Gasteiger charge is -2.17. The van der Waals surface area contributed by atoms with Gasteiger partial charge in [-0.1, -0.05) is 67.6 Å².